The van der Waals surface area contributed by atoms with Crippen molar-refractivity contribution in [3.63, 3.8) is 0 Å². The molecule has 6 nitrogen and oxygen atoms in total. The Morgan fingerprint density at radius 2 is 1.80 bits per heavy atom. The third-order valence-electron chi connectivity index (χ3n) is 5.44. The van der Waals surface area contributed by atoms with E-state index in [1.807, 2.05) is 48.5 Å². The van der Waals surface area contributed by atoms with E-state index >= 15 is 0 Å². The van der Waals surface area contributed by atoms with Crippen molar-refractivity contribution in [2.24, 2.45) is 5.92 Å². The van der Waals surface area contributed by atoms with Crippen LogP contribution in [-0.2, 0) is 16.1 Å². The molecule has 1 aliphatic rings. The number of carbonyl (C=O) groups is 3. The van der Waals surface area contributed by atoms with E-state index in [4.69, 9.17) is 0 Å². The normalized spacial score (nSPS) is 16.0. The van der Waals surface area contributed by atoms with Crippen molar-refractivity contribution in [3.8, 4) is 0 Å². The second-order valence-electron chi connectivity index (χ2n) is 7.40. The molecule has 2 N–H and O–H groups in total. The molecule has 0 aromatic heterocycles. The van der Waals surface area contributed by atoms with E-state index in [1.165, 1.54) is 0 Å². The number of nitrogens with zero attached hydrogens (tertiary/aromatic N) is 1. The number of fused-ring (bicyclic) bond motifs is 1. The third-order valence-corrected chi connectivity index (χ3v) is 5.44. The fourth-order valence-electron chi connectivity index (χ4n) is 3.86. The van der Waals surface area contributed by atoms with Crippen molar-refractivity contribution in [1.29, 1.82) is 0 Å². The summed E-state index contributed by atoms with van der Waals surface area (Å²) >= 11 is 0. The minimum Gasteiger partial charge on any atom is -0.355 e. The lowest BCUT2D eigenvalue weighted by Crippen LogP contribution is -2.32. The maximum absolute atomic E-state index is 12.7. The van der Waals surface area contributed by atoms with Crippen molar-refractivity contribution in [2.45, 2.75) is 13.0 Å². The molecule has 1 fully saturated rings. The van der Waals surface area contributed by atoms with Crippen molar-refractivity contribution in [2.75, 3.05) is 18.5 Å². The number of rotatable bonds is 5. The van der Waals surface area contributed by atoms with Gasteiger partial charge in [0.2, 0.25) is 11.8 Å². The van der Waals surface area contributed by atoms with Crippen LogP contribution in [0.25, 0.3) is 10.8 Å². The first-order chi connectivity index (χ1) is 14.6. The standard InChI is InChI=1S/C24H23N3O3/c1-25-23(29)18-9-4-6-16(12-18)14-26-24(30)19-13-22(28)27(15-19)21-11-5-8-17-7-2-3-10-20(17)21/h2-12,19H,13-15H2,1H3,(H,25,29)(H,26,30). The minimum absolute atomic E-state index is 0.0480. The lowest BCUT2D eigenvalue weighted by molar-refractivity contribution is -0.126. The summed E-state index contributed by atoms with van der Waals surface area (Å²) in [5.74, 6) is -0.779. The van der Waals surface area contributed by atoms with Gasteiger partial charge in [-0.1, -0.05) is 48.5 Å². The molecule has 0 bridgehead atoms. The number of carbonyl (C=O) groups excluding carboxylic acids is 3. The molecule has 152 valence electrons. The maximum atomic E-state index is 12.7. The second kappa shape index (κ2) is 8.37. The highest BCUT2D eigenvalue weighted by molar-refractivity contribution is 6.07. The predicted octanol–water partition coefficient (Wildman–Crippen LogP) is 2.87. The lowest BCUT2D eigenvalue weighted by Gasteiger charge is -2.19. The SMILES string of the molecule is CNC(=O)c1cccc(CNC(=O)C2CC(=O)N(c3cccc4ccccc34)C2)c1. The Hall–Kier alpha value is -3.67. The van der Waals surface area contributed by atoms with Gasteiger partial charge in [-0.25, -0.2) is 0 Å². The molecule has 3 amide bonds. The smallest absolute Gasteiger partial charge is 0.251 e. The van der Waals surface area contributed by atoms with Crippen LogP contribution < -0.4 is 15.5 Å². The first kappa shape index (κ1) is 19.6. The van der Waals surface area contributed by atoms with E-state index in [2.05, 4.69) is 10.6 Å². The first-order valence-corrected chi connectivity index (χ1v) is 9.93. The molecule has 1 saturated heterocycles. The van der Waals surface area contributed by atoms with Gasteiger partial charge in [-0.2, -0.15) is 0 Å². The van der Waals surface area contributed by atoms with Crippen LogP contribution >= 0.6 is 0 Å². The van der Waals surface area contributed by atoms with Gasteiger partial charge in [-0.3, -0.25) is 14.4 Å². The number of hydrogen-bond acceptors (Lipinski definition) is 3. The van der Waals surface area contributed by atoms with Crippen LogP contribution in [0.4, 0.5) is 5.69 Å². The van der Waals surface area contributed by atoms with Crippen LogP contribution in [0.2, 0.25) is 0 Å². The van der Waals surface area contributed by atoms with E-state index in [1.54, 1.807) is 30.1 Å². The van der Waals surface area contributed by atoms with E-state index in [0.717, 1.165) is 22.0 Å². The van der Waals surface area contributed by atoms with E-state index in [9.17, 15) is 14.4 Å². The van der Waals surface area contributed by atoms with Gasteiger partial charge in [0.15, 0.2) is 0 Å². The molecule has 4 rings (SSSR count). The van der Waals surface area contributed by atoms with Gasteiger partial charge < -0.3 is 15.5 Å². The highest BCUT2D eigenvalue weighted by Gasteiger charge is 2.35. The molecule has 0 radical (unpaired) electrons. The van der Waals surface area contributed by atoms with Crippen LogP contribution in [0.15, 0.2) is 66.7 Å². The molecule has 0 aliphatic carbocycles. The Balaban J connectivity index is 1.44. The summed E-state index contributed by atoms with van der Waals surface area (Å²) in [6, 6.07) is 20.9. The summed E-state index contributed by atoms with van der Waals surface area (Å²) < 4.78 is 0. The Bertz CT molecular complexity index is 1120. The molecule has 1 heterocycles. The molecule has 0 spiro atoms. The van der Waals surface area contributed by atoms with Crippen LogP contribution in [-0.4, -0.2) is 31.3 Å². The fraction of sp³-hybridized carbons (Fsp3) is 0.208. The number of nitrogens with one attached hydrogen (secondary N) is 2. The number of anilines is 1. The van der Waals surface area contributed by atoms with Gasteiger partial charge in [-0.05, 0) is 29.1 Å². The summed E-state index contributed by atoms with van der Waals surface area (Å²) in [6.07, 6.45) is 0.188. The minimum atomic E-state index is -0.404. The van der Waals surface area contributed by atoms with Crippen molar-refractivity contribution >= 4 is 34.2 Å². The molecule has 30 heavy (non-hydrogen) atoms. The molecular formula is C24H23N3O3. The van der Waals surface area contributed by atoms with Gasteiger partial charge >= 0.3 is 0 Å². The topological polar surface area (TPSA) is 78.5 Å². The zero-order chi connectivity index (χ0) is 21.1. The zero-order valence-electron chi connectivity index (χ0n) is 16.7. The quantitative estimate of drug-likeness (QED) is 0.690. The summed E-state index contributed by atoms with van der Waals surface area (Å²) in [5, 5.41) is 7.55. The van der Waals surface area contributed by atoms with Gasteiger partial charge in [0, 0.05) is 37.5 Å². The Morgan fingerprint density at radius 3 is 2.63 bits per heavy atom. The Labute approximate surface area is 174 Å². The van der Waals surface area contributed by atoms with E-state index in [0.29, 0.717) is 18.7 Å². The number of hydrogen-bond donors (Lipinski definition) is 2. The van der Waals surface area contributed by atoms with Gasteiger partial charge in [-0.15, -0.1) is 0 Å². The van der Waals surface area contributed by atoms with Crippen LogP contribution in [0.1, 0.15) is 22.3 Å². The Morgan fingerprint density at radius 1 is 1.03 bits per heavy atom. The number of benzene rings is 3. The molecule has 1 aliphatic heterocycles. The first-order valence-electron chi connectivity index (χ1n) is 9.93. The average molecular weight is 401 g/mol. The van der Waals surface area contributed by atoms with Crippen molar-refractivity contribution in [1.82, 2.24) is 10.6 Å². The molecular weight excluding hydrogens is 378 g/mol. The zero-order valence-corrected chi connectivity index (χ0v) is 16.7. The largest absolute Gasteiger partial charge is 0.355 e. The average Bonchev–Trinajstić information content (AvgIpc) is 3.18. The molecule has 6 heteroatoms. The summed E-state index contributed by atoms with van der Waals surface area (Å²) in [4.78, 5) is 38.9. The van der Waals surface area contributed by atoms with Gasteiger partial charge in [0.1, 0.15) is 0 Å². The highest BCUT2D eigenvalue weighted by Crippen LogP contribution is 2.31. The number of amides is 3. The summed E-state index contributed by atoms with van der Waals surface area (Å²) in [6.45, 7) is 0.666. The van der Waals surface area contributed by atoms with E-state index < -0.39 is 5.92 Å². The maximum Gasteiger partial charge on any atom is 0.251 e. The molecule has 1 atom stereocenters. The monoisotopic (exact) mass is 401 g/mol. The predicted molar refractivity (Wildman–Crippen MR) is 116 cm³/mol. The lowest BCUT2D eigenvalue weighted by atomic mass is 10.1. The Kier molecular flexibility index (Phi) is 5.48. The van der Waals surface area contributed by atoms with Gasteiger partial charge in [0.25, 0.3) is 5.91 Å². The van der Waals surface area contributed by atoms with E-state index in [-0.39, 0.29) is 24.1 Å². The molecule has 1 unspecified atom stereocenters. The third kappa shape index (κ3) is 3.89. The van der Waals surface area contributed by atoms with Crippen LogP contribution in [0, 0.1) is 5.92 Å². The summed E-state index contributed by atoms with van der Waals surface area (Å²) in [7, 11) is 1.58. The second-order valence-corrected chi connectivity index (χ2v) is 7.40. The summed E-state index contributed by atoms with van der Waals surface area (Å²) in [5.41, 5.74) is 2.22. The molecule has 3 aromatic carbocycles. The van der Waals surface area contributed by atoms with Crippen molar-refractivity contribution in [3.05, 3.63) is 77.9 Å². The van der Waals surface area contributed by atoms with Crippen LogP contribution in [0.3, 0.4) is 0 Å². The van der Waals surface area contributed by atoms with Gasteiger partial charge in [0.05, 0.1) is 11.6 Å². The van der Waals surface area contributed by atoms with Crippen molar-refractivity contribution < 1.29 is 14.4 Å². The molecule has 3 aromatic rings. The highest BCUT2D eigenvalue weighted by atomic mass is 16.2. The van der Waals surface area contributed by atoms with Crippen LogP contribution in [0.5, 0.6) is 0 Å². The fourth-order valence-corrected chi connectivity index (χ4v) is 3.86. The molecule has 0 saturated carbocycles.